The highest BCUT2D eigenvalue weighted by molar-refractivity contribution is 5.39. The number of nitrogens with two attached hydrogens (primary N) is 1. The summed E-state index contributed by atoms with van der Waals surface area (Å²) in [6.45, 7) is 2.77. The fraction of sp³-hybridized carbons (Fsp3) is 0.286. The normalized spacial score (nSPS) is 12.4. The fourth-order valence-corrected chi connectivity index (χ4v) is 1.70. The van der Waals surface area contributed by atoms with Crippen LogP contribution < -0.4 is 10.5 Å². The Morgan fingerprint density at radius 2 is 2.06 bits per heavy atom. The van der Waals surface area contributed by atoms with Gasteiger partial charge in [-0.1, -0.05) is 25.1 Å². The van der Waals surface area contributed by atoms with Crippen LogP contribution in [0.25, 0.3) is 0 Å². The zero-order valence-corrected chi connectivity index (χ0v) is 9.93. The lowest BCUT2D eigenvalue weighted by Crippen LogP contribution is -2.12. The van der Waals surface area contributed by atoms with Gasteiger partial charge in [0.25, 0.3) is 0 Å². The van der Waals surface area contributed by atoms with Gasteiger partial charge in [0.05, 0.1) is 18.9 Å². The number of hydrogen-bond acceptors (Lipinski definition) is 3. The van der Waals surface area contributed by atoms with E-state index in [1.54, 1.807) is 6.26 Å². The van der Waals surface area contributed by atoms with Crippen molar-refractivity contribution >= 4 is 0 Å². The molecule has 2 rings (SSSR count). The van der Waals surface area contributed by atoms with Crippen LogP contribution in [0, 0.1) is 0 Å². The Bertz CT molecular complexity index is 451. The quantitative estimate of drug-likeness (QED) is 0.860. The molecule has 0 spiro atoms. The summed E-state index contributed by atoms with van der Waals surface area (Å²) in [5, 5.41) is 0. The van der Waals surface area contributed by atoms with Gasteiger partial charge in [-0.3, -0.25) is 0 Å². The van der Waals surface area contributed by atoms with E-state index in [0.717, 1.165) is 23.5 Å². The number of para-hydroxylation sites is 1. The highest BCUT2D eigenvalue weighted by Crippen LogP contribution is 2.28. The average Bonchev–Trinajstić information content (AvgIpc) is 2.89. The molecule has 0 radical (unpaired) electrons. The molecule has 90 valence electrons. The SMILES string of the molecule is CCCOc1ccccc1C(N)c1ccco1. The molecule has 3 heteroatoms. The molecule has 1 atom stereocenters. The molecule has 3 nitrogen and oxygen atoms in total. The minimum Gasteiger partial charge on any atom is -0.493 e. The van der Waals surface area contributed by atoms with Crippen LogP contribution in [0.5, 0.6) is 5.75 Å². The largest absolute Gasteiger partial charge is 0.493 e. The molecule has 1 unspecified atom stereocenters. The predicted molar refractivity (Wildman–Crippen MR) is 67.0 cm³/mol. The van der Waals surface area contributed by atoms with E-state index in [1.807, 2.05) is 36.4 Å². The molecule has 0 amide bonds. The third-order valence-corrected chi connectivity index (χ3v) is 2.57. The Morgan fingerprint density at radius 1 is 1.24 bits per heavy atom. The Kier molecular flexibility index (Phi) is 3.83. The summed E-state index contributed by atoms with van der Waals surface area (Å²) in [5.74, 6) is 1.58. The monoisotopic (exact) mass is 231 g/mol. The smallest absolute Gasteiger partial charge is 0.125 e. The van der Waals surface area contributed by atoms with Crippen LogP contribution in [-0.4, -0.2) is 6.61 Å². The van der Waals surface area contributed by atoms with Crippen LogP contribution in [0.2, 0.25) is 0 Å². The van der Waals surface area contributed by atoms with E-state index >= 15 is 0 Å². The summed E-state index contributed by atoms with van der Waals surface area (Å²) in [6, 6.07) is 11.2. The molecule has 0 aliphatic rings. The van der Waals surface area contributed by atoms with Crippen molar-refractivity contribution in [1.82, 2.24) is 0 Å². The van der Waals surface area contributed by atoms with Crippen LogP contribution in [-0.2, 0) is 0 Å². The Balaban J connectivity index is 2.25. The van der Waals surface area contributed by atoms with Gasteiger partial charge in [0.1, 0.15) is 11.5 Å². The topological polar surface area (TPSA) is 48.4 Å². The second kappa shape index (κ2) is 5.55. The molecule has 0 aliphatic heterocycles. The highest BCUT2D eigenvalue weighted by atomic mass is 16.5. The van der Waals surface area contributed by atoms with Gasteiger partial charge >= 0.3 is 0 Å². The fourth-order valence-electron chi connectivity index (χ4n) is 1.70. The van der Waals surface area contributed by atoms with Crippen molar-refractivity contribution in [1.29, 1.82) is 0 Å². The Hall–Kier alpha value is -1.74. The van der Waals surface area contributed by atoms with Crippen LogP contribution >= 0.6 is 0 Å². The molecule has 0 aliphatic carbocycles. The first-order valence-electron chi connectivity index (χ1n) is 5.83. The Morgan fingerprint density at radius 3 is 2.76 bits per heavy atom. The van der Waals surface area contributed by atoms with Gasteiger partial charge in [-0.15, -0.1) is 0 Å². The third kappa shape index (κ3) is 2.68. The first-order chi connectivity index (χ1) is 8.33. The first kappa shape index (κ1) is 11.7. The minimum absolute atomic E-state index is 0.280. The molecule has 2 N–H and O–H groups in total. The molecule has 0 saturated carbocycles. The van der Waals surface area contributed by atoms with Crippen molar-refractivity contribution < 1.29 is 9.15 Å². The number of furan rings is 1. The summed E-state index contributed by atoms with van der Waals surface area (Å²) in [4.78, 5) is 0. The van der Waals surface area contributed by atoms with Gasteiger partial charge in [0, 0.05) is 5.56 Å². The van der Waals surface area contributed by atoms with Crippen LogP contribution in [0.15, 0.2) is 47.1 Å². The minimum atomic E-state index is -0.280. The van der Waals surface area contributed by atoms with Crippen LogP contribution in [0.1, 0.15) is 30.7 Å². The molecule has 1 aromatic carbocycles. The number of benzene rings is 1. The van der Waals surface area contributed by atoms with Crippen molar-refractivity contribution in [3.8, 4) is 5.75 Å². The summed E-state index contributed by atoms with van der Waals surface area (Å²) in [6.07, 6.45) is 2.61. The van der Waals surface area contributed by atoms with Gasteiger partial charge in [0.15, 0.2) is 0 Å². The third-order valence-electron chi connectivity index (χ3n) is 2.57. The van der Waals surface area contributed by atoms with E-state index in [1.165, 1.54) is 0 Å². The molecule has 0 saturated heterocycles. The molecule has 1 aromatic heterocycles. The summed E-state index contributed by atoms with van der Waals surface area (Å²) >= 11 is 0. The predicted octanol–water partition coefficient (Wildman–Crippen LogP) is 3.12. The molecular formula is C14H17NO2. The standard InChI is InChI=1S/C14H17NO2/c1-2-9-16-12-7-4-3-6-11(12)14(15)13-8-5-10-17-13/h3-8,10,14H,2,9,15H2,1H3. The van der Waals surface area contributed by atoms with Crippen molar-refractivity contribution in [2.45, 2.75) is 19.4 Å². The number of hydrogen-bond donors (Lipinski definition) is 1. The van der Waals surface area contributed by atoms with Gasteiger partial charge in [-0.2, -0.15) is 0 Å². The summed E-state index contributed by atoms with van der Waals surface area (Å²) < 4.78 is 11.0. The first-order valence-corrected chi connectivity index (χ1v) is 5.83. The van der Waals surface area contributed by atoms with E-state index in [2.05, 4.69) is 6.92 Å². The lowest BCUT2D eigenvalue weighted by atomic mass is 10.0. The molecule has 17 heavy (non-hydrogen) atoms. The van der Waals surface area contributed by atoms with E-state index in [4.69, 9.17) is 14.9 Å². The molecule has 0 fully saturated rings. The molecule has 2 aromatic rings. The number of rotatable bonds is 5. The second-order valence-corrected chi connectivity index (χ2v) is 3.88. The zero-order chi connectivity index (χ0) is 12.1. The molecule has 1 heterocycles. The Labute approximate surface area is 101 Å². The highest BCUT2D eigenvalue weighted by Gasteiger charge is 2.15. The summed E-state index contributed by atoms with van der Waals surface area (Å²) in [7, 11) is 0. The summed E-state index contributed by atoms with van der Waals surface area (Å²) in [5.41, 5.74) is 7.11. The molecular weight excluding hydrogens is 214 g/mol. The van der Waals surface area contributed by atoms with Gasteiger partial charge in [-0.05, 0) is 24.6 Å². The van der Waals surface area contributed by atoms with Crippen molar-refractivity contribution in [2.24, 2.45) is 5.73 Å². The van der Waals surface area contributed by atoms with Crippen molar-refractivity contribution in [2.75, 3.05) is 6.61 Å². The van der Waals surface area contributed by atoms with E-state index in [0.29, 0.717) is 6.61 Å². The van der Waals surface area contributed by atoms with Gasteiger partial charge in [-0.25, -0.2) is 0 Å². The van der Waals surface area contributed by atoms with E-state index in [-0.39, 0.29) is 6.04 Å². The second-order valence-electron chi connectivity index (χ2n) is 3.88. The maximum atomic E-state index is 6.16. The zero-order valence-electron chi connectivity index (χ0n) is 9.93. The van der Waals surface area contributed by atoms with Gasteiger partial charge in [0.2, 0.25) is 0 Å². The van der Waals surface area contributed by atoms with E-state index < -0.39 is 0 Å². The van der Waals surface area contributed by atoms with Crippen molar-refractivity contribution in [3.05, 3.63) is 54.0 Å². The van der Waals surface area contributed by atoms with Crippen LogP contribution in [0.4, 0.5) is 0 Å². The number of ether oxygens (including phenoxy) is 1. The van der Waals surface area contributed by atoms with Crippen molar-refractivity contribution in [3.63, 3.8) is 0 Å². The average molecular weight is 231 g/mol. The van der Waals surface area contributed by atoms with Crippen LogP contribution in [0.3, 0.4) is 0 Å². The van der Waals surface area contributed by atoms with E-state index in [9.17, 15) is 0 Å². The maximum absolute atomic E-state index is 6.16. The lowest BCUT2D eigenvalue weighted by molar-refractivity contribution is 0.312. The van der Waals surface area contributed by atoms with Gasteiger partial charge < -0.3 is 14.9 Å². The molecule has 0 bridgehead atoms. The maximum Gasteiger partial charge on any atom is 0.125 e. The lowest BCUT2D eigenvalue weighted by Gasteiger charge is -2.15.